The molecule has 3 N–H and O–H groups in total. The number of nitrogens with zero attached hydrogens (tertiary/aromatic N) is 1. The van der Waals surface area contributed by atoms with Crippen molar-refractivity contribution in [1.29, 1.82) is 0 Å². The Morgan fingerprint density at radius 2 is 1.62 bits per heavy atom. The maximum absolute atomic E-state index is 13.8. The average Bonchev–Trinajstić information content (AvgIpc) is 3.61. The summed E-state index contributed by atoms with van der Waals surface area (Å²) in [5.41, 5.74) is 1.27. The lowest BCUT2D eigenvalue weighted by Crippen LogP contribution is -2.59. The van der Waals surface area contributed by atoms with Gasteiger partial charge in [0.1, 0.15) is 6.04 Å². The Kier molecular flexibility index (Phi) is 7.97. The molecule has 3 aliphatic rings. The van der Waals surface area contributed by atoms with Gasteiger partial charge in [0.25, 0.3) is 5.91 Å². The number of ether oxygens (including phenoxy) is 1. The van der Waals surface area contributed by atoms with Crippen molar-refractivity contribution in [2.45, 2.75) is 98.0 Å². The van der Waals surface area contributed by atoms with Gasteiger partial charge in [0, 0.05) is 18.9 Å². The van der Waals surface area contributed by atoms with Crippen LogP contribution in [-0.2, 0) is 23.9 Å². The summed E-state index contributed by atoms with van der Waals surface area (Å²) < 4.78 is 44.4. The van der Waals surface area contributed by atoms with E-state index in [0.717, 1.165) is 12.8 Å². The molecule has 12 heteroatoms. The third-order valence-corrected chi connectivity index (χ3v) is 8.60. The van der Waals surface area contributed by atoms with Gasteiger partial charge >= 0.3 is 12.3 Å². The molecule has 1 unspecified atom stereocenters. The number of carbonyl (C=O) groups is 5. The molecule has 3 fully saturated rings. The Morgan fingerprint density at radius 1 is 1.05 bits per heavy atom. The summed E-state index contributed by atoms with van der Waals surface area (Å²) in [4.78, 5) is 65.5. The Balaban J connectivity index is 1.83. The molecule has 1 aliphatic heterocycles. The molecule has 0 bridgehead atoms. The zero-order valence-corrected chi connectivity index (χ0v) is 23.6. The number of alkyl halides is 3. The maximum Gasteiger partial charge on any atom is 0.427 e. The highest BCUT2D eigenvalue weighted by molar-refractivity contribution is 6.36. The van der Waals surface area contributed by atoms with E-state index in [2.05, 4.69) is 10.1 Å². The quantitative estimate of drug-likeness (QED) is 0.394. The number of nitrogens with one attached hydrogen (secondary N) is 1. The number of hydrogen-bond donors (Lipinski definition) is 2. The first kappa shape index (κ1) is 30.9. The fraction of sp³-hybridized carbons (Fsp3) is 0.815. The fourth-order valence-electron chi connectivity index (χ4n) is 5.74. The van der Waals surface area contributed by atoms with E-state index >= 15 is 0 Å². The molecular weight excluding hydrogens is 519 g/mol. The Bertz CT molecular complexity index is 1040. The molecular formula is C27H40F3N3O6. The van der Waals surface area contributed by atoms with E-state index < -0.39 is 58.9 Å². The highest BCUT2D eigenvalue weighted by Gasteiger charge is 2.69. The molecule has 9 nitrogen and oxygen atoms in total. The summed E-state index contributed by atoms with van der Waals surface area (Å²) in [5, 5.41) is 2.30. The Hall–Kier alpha value is -2.66. The van der Waals surface area contributed by atoms with Gasteiger partial charge < -0.3 is 20.7 Å². The summed E-state index contributed by atoms with van der Waals surface area (Å²) in [7, 11) is 0. The predicted octanol–water partition coefficient (Wildman–Crippen LogP) is 3.38. The zero-order valence-electron chi connectivity index (χ0n) is 23.6. The van der Waals surface area contributed by atoms with Gasteiger partial charge in [0.15, 0.2) is 5.78 Å². The molecule has 0 radical (unpaired) electrons. The van der Waals surface area contributed by atoms with Gasteiger partial charge in [0.2, 0.25) is 17.3 Å². The number of rotatable bonds is 10. The van der Waals surface area contributed by atoms with Crippen LogP contribution in [0, 0.1) is 34.5 Å². The van der Waals surface area contributed by atoms with Crippen LogP contribution in [0.4, 0.5) is 18.0 Å². The van der Waals surface area contributed by atoms with Crippen LogP contribution >= 0.6 is 0 Å². The van der Waals surface area contributed by atoms with Crippen LogP contribution in [0.15, 0.2) is 0 Å². The van der Waals surface area contributed by atoms with Gasteiger partial charge in [-0.3, -0.25) is 19.2 Å². The third kappa shape index (κ3) is 6.40. The van der Waals surface area contributed by atoms with E-state index in [4.69, 9.17) is 5.73 Å². The number of nitrogens with two attached hydrogens (primary N) is 1. The van der Waals surface area contributed by atoms with Crippen molar-refractivity contribution in [3.63, 3.8) is 0 Å². The normalized spacial score (nSPS) is 25.8. The van der Waals surface area contributed by atoms with Crippen molar-refractivity contribution in [2.75, 3.05) is 6.54 Å². The first-order valence-corrected chi connectivity index (χ1v) is 13.3. The fourth-order valence-corrected chi connectivity index (χ4v) is 5.74. The first-order chi connectivity index (χ1) is 17.6. The van der Waals surface area contributed by atoms with Gasteiger partial charge in [-0.1, -0.05) is 47.5 Å². The number of primary amides is 1. The number of piperidine rings is 1. The van der Waals surface area contributed by atoms with E-state index in [9.17, 15) is 37.1 Å². The second-order valence-electron chi connectivity index (χ2n) is 13.5. The van der Waals surface area contributed by atoms with Gasteiger partial charge in [-0.05, 0) is 48.9 Å². The Labute approximate surface area is 226 Å². The number of ketones is 2. The molecule has 2 saturated carbocycles. The Morgan fingerprint density at radius 3 is 2.08 bits per heavy atom. The molecule has 0 spiro atoms. The van der Waals surface area contributed by atoms with Crippen LogP contribution in [0.2, 0.25) is 0 Å². The molecule has 39 heavy (non-hydrogen) atoms. The number of carbonyl (C=O) groups excluding carboxylic acids is 5. The van der Waals surface area contributed by atoms with Crippen molar-refractivity contribution < 1.29 is 41.9 Å². The minimum absolute atomic E-state index is 0.000793. The minimum Gasteiger partial charge on any atom is -0.434 e. The molecule has 5 atom stereocenters. The molecule has 0 aromatic carbocycles. The standard InChI is InChI=1S/C27H40F3N3O6/c1-24(2,3)20(32-23(38)39-26(6,7)27(28,29)30)22(37)33-12-15-17(25(15,4)5)18(33)16(34)11-14(10-13-8-9-13)19(35)21(31)36/h13-15,17-18,20H,8-12H2,1-7H3,(H2,31,36)(H,32,38)/t14?,15-,17-,18+,20+/m0/s1. The molecule has 220 valence electrons. The topological polar surface area (TPSA) is 136 Å². The van der Waals surface area contributed by atoms with Crippen LogP contribution in [0.3, 0.4) is 0 Å². The molecule has 0 aromatic rings. The zero-order chi connectivity index (χ0) is 29.9. The number of alkyl carbamates (subject to hydrolysis) is 1. The number of Topliss-reactive ketones (excluding diaryl/α,β-unsaturated/α-hetero) is 2. The SMILES string of the molecule is CC(C)(C)[C@H](NC(=O)OC(C)(C)C(F)(F)F)C(=O)N1C[C@H]2[C@@H]([C@H]1C(=O)CC(CC1CC1)C(=O)C(N)=O)C2(C)C. The summed E-state index contributed by atoms with van der Waals surface area (Å²) in [6, 6.07) is -2.19. The second-order valence-corrected chi connectivity index (χ2v) is 13.5. The minimum atomic E-state index is -4.83. The number of likely N-dealkylation sites (tertiary alicyclic amines) is 1. The van der Waals surface area contributed by atoms with Crippen molar-refractivity contribution in [1.82, 2.24) is 10.2 Å². The van der Waals surface area contributed by atoms with E-state index in [1.165, 1.54) is 4.90 Å². The second kappa shape index (κ2) is 10.1. The van der Waals surface area contributed by atoms with Crippen LogP contribution in [0.5, 0.6) is 0 Å². The first-order valence-electron chi connectivity index (χ1n) is 13.3. The lowest BCUT2D eigenvalue weighted by atomic mass is 9.84. The highest BCUT2D eigenvalue weighted by Crippen LogP contribution is 2.65. The molecule has 3 amide bonds. The van der Waals surface area contributed by atoms with Crippen molar-refractivity contribution in [3.05, 3.63) is 0 Å². The van der Waals surface area contributed by atoms with E-state index in [1.54, 1.807) is 20.8 Å². The molecule has 1 heterocycles. The lowest BCUT2D eigenvalue weighted by Gasteiger charge is -2.38. The highest BCUT2D eigenvalue weighted by atomic mass is 19.4. The van der Waals surface area contributed by atoms with E-state index in [0.29, 0.717) is 20.3 Å². The van der Waals surface area contributed by atoms with Gasteiger partial charge in [-0.2, -0.15) is 13.2 Å². The van der Waals surface area contributed by atoms with Gasteiger partial charge in [-0.25, -0.2) is 4.79 Å². The van der Waals surface area contributed by atoms with Crippen LogP contribution < -0.4 is 11.1 Å². The van der Waals surface area contributed by atoms with E-state index in [-0.39, 0.29) is 41.9 Å². The summed E-state index contributed by atoms with van der Waals surface area (Å²) in [5.74, 6) is -3.69. The van der Waals surface area contributed by atoms with Crippen molar-refractivity contribution in [3.8, 4) is 0 Å². The molecule has 3 rings (SSSR count). The number of fused-ring (bicyclic) bond motifs is 1. The molecule has 0 aromatic heterocycles. The molecule has 1 saturated heterocycles. The van der Waals surface area contributed by atoms with Crippen LogP contribution in [0.1, 0.15) is 74.1 Å². The average molecular weight is 560 g/mol. The van der Waals surface area contributed by atoms with Crippen molar-refractivity contribution in [2.24, 2.45) is 40.2 Å². The summed E-state index contributed by atoms with van der Waals surface area (Å²) in [6.07, 6.45) is -4.29. The van der Waals surface area contributed by atoms with E-state index in [1.807, 2.05) is 13.8 Å². The van der Waals surface area contributed by atoms with Crippen LogP contribution in [0.25, 0.3) is 0 Å². The summed E-state index contributed by atoms with van der Waals surface area (Å²) >= 11 is 0. The molecule has 2 aliphatic carbocycles. The lowest BCUT2D eigenvalue weighted by molar-refractivity contribution is -0.244. The van der Waals surface area contributed by atoms with Gasteiger partial charge in [-0.15, -0.1) is 0 Å². The number of hydrogen-bond acceptors (Lipinski definition) is 6. The van der Waals surface area contributed by atoms with Gasteiger partial charge in [0.05, 0.1) is 6.04 Å². The van der Waals surface area contributed by atoms with Crippen LogP contribution in [-0.4, -0.2) is 64.8 Å². The smallest absolute Gasteiger partial charge is 0.427 e. The summed E-state index contributed by atoms with van der Waals surface area (Å²) in [6.45, 7) is 10.5. The van der Waals surface area contributed by atoms with Crippen molar-refractivity contribution >= 4 is 29.5 Å². The number of halogens is 3. The maximum atomic E-state index is 13.8. The number of amides is 3. The predicted molar refractivity (Wildman–Crippen MR) is 134 cm³/mol. The third-order valence-electron chi connectivity index (χ3n) is 8.60. The monoisotopic (exact) mass is 559 g/mol. The largest absolute Gasteiger partial charge is 0.434 e.